The van der Waals surface area contributed by atoms with E-state index in [1.54, 1.807) is 0 Å². The second-order valence-corrected chi connectivity index (χ2v) is 7.76. The van der Waals surface area contributed by atoms with Crippen molar-refractivity contribution >= 4 is 27.5 Å². The van der Waals surface area contributed by atoms with Gasteiger partial charge in [-0.2, -0.15) is 4.99 Å². The number of carbonyl (C=O) groups excluding carboxylic acids is 1. The summed E-state index contributed by atoms with van der Waals surface area (Å²) < 4.78 is 14.2. The van der Waals surface area contributed by atoms with Crippen LogP contribution in [-0.2, 0) is 17.8 Å². The van der Waals surface area contributed by atoms with Gasteiger partial charge >= 0.3 is 0 Å². The topological polar surface area (TPSA) is 52.8 Å². The molecule has 1 amide bonds. The van der Waals surface area contributed by atoms with Crippen molar-refractivity contribution in [3.8, 4) is 23.8 Å². The number of carbonyl (C=O) groups is 1. The molecule has 0 saturated heterocycles. The van der Waals surface area contributed by atoms with Crippen molar-refractivity contribution in [3.05, 3.63) is 51.8 Å². The Hall–Kier alpha value is -3.04. The summed E-state index contributed by atoms with van der Waals surface area (Å²) in [4.78, 5) is 17.6. The lowest BCUT2D eigenvalue weighted by molar-refractivity contribution is -0.117. The molecule has 0 atom stereocenters. The fourth-order valence-corrected chi connectivity index (χ4v) is 4.29. The number of nitrogens with zero attached hydrogens (tertiary/aromatic N) is 2. The Morgan fingerprint density at radius 1 is 1.21 bits per heavy atom. The van der Waals surface area contributed by atoms with Gasteiger partial charge in [0.2, 0.25) is 0 Å². The molecule has 0 aliphatic carbocycles. The lowest BCUT2D eigenvalue weighted by atomic mass is 10.0. The molecule has 2 heterocycles. The minimum absolute atomic E-state index is 0.191. The minimum Gasteiger partial charge on any atom is -0.486 e. The molecule has 4 rings (SSSR count). The fraction of sp³-hybridized carbons (Fsp3) is 0.273. The summed E-state index contributed by atoms with van der Waals surface area (Å²) in [6.07, 6.45) is 5.82. The number of aryl methyl sites for hydroxylation is 2. The lowest BCUT2D eigenvalue weighted by Gasteiger charge is -2.18. The van der Waals surface area contributed by atoms with Crippen molar-refractivity contribution in [1.82, 2.24) is 4.57 Å². The average Bonchev–Trinajstić information content (AvgIpc) is 2.99. The van der Waals surface area contributed by atoms with Crippen LogP contribution in [0, 0.1) is 26.2 Å². The van der Waals surface area contributed by atoms with E-state index in [0.29, 0.717) is 36.1 Å². The molecule has 0 fully saturated rings. The van der Waals surface area contributed by atoms with E-state index in [2.05, 4.69) is 10.9 Å². The van der Waals surface area contributed by atoms with Crippen molar-refractivity contribution in [1.29, 1.82) is 0 Å². The highest BCUT2D eigenvalue weighted by Gasteiger charge is 2.16. The van der Waals surface area contributed by atoms with Gasteiger partial charge in [0.25, 0.3) is 5.91 Å². The Bertz CT molecular complexity index is 1180. The Balaban J connectivity index is 1.76. The first kappa shape index (κ1) is 18.3. The summed E-state index contributed by atoms with van der Waals surface area (Å²) in [6, 6.07) is 9.94. The third kappa shape index (κ3) is 3.54. The molecule has 1 aliphatic rings. The largest absolute Gasteiger partial charge is 0.486 e. The highest BCUT2D eigenvalue weighted by molar-refractivity contribution is 7.16. The van der Waals surface area contributed by atoms with Gasteiger partial charge in [-0.3, -0.25) is 4.79 Å². The predicted octanol–water partition coefficient (Wildman–Crippen LogP) is 3.39. The molecule has 28 heavy (non-hydrogen) atoms. The number of fused-ring (bicyclic) bond motifs is 2. The van der Waals surface area contributed by atoms with Crippen LogP contribution in [0.1, 0.15) is 16.7 Å². The number of amides is 1. The molecule has 0 unspecified atom stereocenters. The maximum atomic E-state index is 12.7. The summed E-state index contributed by atoms with van der Waals surface area (Å²) >= 11 is 1.43. The monoisotopic (exact) mass is 392 g/mol. The van der Waals surface area contributed by atoms with Crippen molar-refractivity contribution in [2.45, 2.75) is 26.8 Å². The van der Waals surface area contributed by atoms with Gasteiger partial charge in [0.15, 0.2) is 16.3 Å². The summed E-state index contributed by atoms with van der Waals surface area (Å²) in [6.45, 7) is 5.40. The first-order chi connectivity index (χ1) is 13.5. The molecule has 3 aromatic rings. The van der Waals surface area contributed by atoms with Crippen LogP contribution in [0.4, 0.5) is 0 Å². The molecule has 6 heteroatoms. The standard InChI is InChI=1S/C22H20N2O3S/c1-4-7-24-17-12-18-19(27-9-8-26-18)13-20(17)28-22(24)23-21(25)11-16-10-14(2)5-6-15(16)3/h1,5-6,10,12-13H,7-9,11H2,2-3H3. The summed E-state index contributed by atoms with van der Waals surface area (Å²) in [5.41, 5.74) is 4.10. The Morgan fingerprint density at radius 2 is 1.96 bits per heavy atom. The van der Waals surface area contributed by atoms with Crippen LogP contribution in [0.5, 0.6) is 11.5 Å². The third-order valence-electron chi connectivity index (χ3n) is 4.66. The molecule has 0 saturated carbocycles. The van der Waals surface area contributed by atoms with Crippen LogP contribution in [0.25, 0.3) is 10.2 Å². The van der Waals surface area contributed by atoms with Crippen LogP contribution >= 0.6 is 11.3 Å². The molecule has 5 nitrogen and oxygen atoms in total. The highest BCUT2D eigenvalue weighted by Crippen LogP contribution is 2.35. The average molecular weight is 392 g/mol. The zero-order chi connectivity index (χ0) is 19.7. The van der Waals surface area contributed by atoms with Crippen molar-refractivity contribution in [2.24, 2.45) is 4.99 Å². The number of terminal acetylenes is 1. The maximum Gasteiger partial charge on any atom is 0.252 e. The molecular weight excluding hydrogens is 372 g/mol. The number of thiazole rings is 1. The molecule has 1 aromatic heterocycles. The summed E-state index contributed by atoms with van der Waals surface area (Å²) in [5, 5.41) is 0. The summed E-state index contributed by atoms with van der Waals surface area (Å²) in [7, 11) is 0. The van der Waals surface area contributed by atoms with Gasteiger partial charge in [0.1, 0.15) is 13.2 Å². The van der Waals surface area contributed by atoms with E-state index < -0.39 is 0 Å². The second kappa shape index (κ2) is 7.53. The number of aromatic nitrogens is 1. The molecular formula is C22H20N2O3S. The van der Waals surface area contributed by atoms with Gasteiger partial charge in [-0.25, -0.2) is 0 Å². The van der Waals surface area contributed by atoms with Gasteiger partial charge in [-0.1, -0.05) is 41.0 Å². The van der Waals surface area contributed by atoms with Crippen molar-refractivity contribution in [3.63, 3.8) is 0 Å². The van der Waals surface area contributed by atoms with E-state index in [-0.39, 0.29) is 12.3 Å². The smallest absolute Gasteiger partial charge is 0.252 e. The zero-order valence-corrected chi connectivity index (χ0v) is 16.6. The molecule has 142 valence electrons. The van der Waals surface area contributed by atoms with E-state index in [1.807, 2.05) is 48.7 Å². The first-order valence-corrected chi connectivity index (χ1v) is 9.87. The van der Waals surface area contributed by atoms with Crippen LogP contribution in [0.2, 0.25) is 0 Å². The normalized spacial score (nSPS) is 13.5. The Kier molecular flexibility index (Phi) is 4.93. The minimum atomic E-state index is -0.191. The number of benzene rings is 2. The van der Waals surface area contributed by atoms with Gasteiger partial charge in [-0.05, 0) is 25.0 Å². The van der Waals surface area contributed by atoms with Gasteiger partial charge < -0.3 is 14.0 Å². The van der Waals surface area contributed by atoms with Gasteiger partial charge in [-0.15, -0.1) is 6.42 Å². The summed E-state index contributed by atoms with van der Waals surface area (Å²) in [5.74, 6) is 3.86. The van der Waals surface area contributed by atoms with Gasteiger partial charge in [0, 0.05) is 12.1 Å². The Labute approximate surface area is 167 Å². The molecule has 0 spiro atoms. The lowest BCUT2D eigenvalue weighted by Crippen LogP contribution is -2.18. The van der Waals surface area contributed by atoms with Crippen LogP contribution in [0.3, 0.4) is 0 Å². The molecule has 2 aromatic carbocycles. The number of rotatable bonds is 3. The molecule has 1 aliphatic heterocycles. The van der Waals surface area contributed by atoms with Crippen molar-refractivity contribution < 1.29 is 14.3 Å². The number of hydrogen-bond acceptors (Lipinski definition) is 4. The number of ether oxygens (including phenoxy) is 2. The van der Waals surface area contributed by atoms with E-state index in [0.717, 1.165) is 26.9 Å². The van der Waals surface area contributed by atoms with Crippen molar-refractivity contribution in [2.75, 3.05) is 13.2 Å². The van der Waals surface area contributed by atoms with E-state index >= 15 is 0 Å². The van der Waals surface area contributed by atoms with E-state index in [4.69, 9.17) is 15.9 Å². The quantitative estimate of drug-likeness (QED) is 0.642. The van der Waals surface area contributed by atoms with E-state index in [9.17, 15) is 4.79 Å². The van der Waals surface area contributed by atoms with Gasteiger partial charge in [0.05, 0.1) is 23.2 Å². The van der Waals surface area contributed by atoms with E-state index in [1.165, 1.54) is 11.3 Å². The molecule has 0 N–H and O–H groups in total. The van der Waals surface area contributed by atoms with Crippen LogP contribution in [-0.4, -0.2) is 23.7 Å². The van der Waals surface area contributed by atoms with Crippen LogP contribution < -0.4 is 14.3 Å². The zero-order valence-electron chi connectivity index (χ0n) is 15.8. The maximum absolute atomic E-state index is 12.7. The SMILES string of the molecule is C#CCn1c(=NC(=O)Cc2cc(C)ccc2C)sc2cc3c(cc21)OCCO3. The molecule has 0 bridgehead atoms. The molecule has 0 radical (unpaired) electrons. The second-order valence-electron chi connectivity index (χ2n) is 6.75. The Morgan fingerprint density at radius 3 is 2.71 bits per heavy atom. The highest BCUT2D eigenvalue weighted by atomic mass is 32.1. The van der Waals surface area contributed by atoms with Crippen LogP contribution in [0.15, 0.2) is 35.3 Å². The third-order valence-corrected chi connectivity index (χ3v) is 5.70. The number of hydrogen-bond donors (Lipinski definition) is 0. The first-order valence-electron chi connectivity index (χ1n) is 9.05. The fourth-order valence-electron chi connectivity index (χ4n) is 3.24. The predicted molar refractivity (Wildman–Crippen MR) is 110 cm³/mol.